The zero-order valence-corrected chi connectivity index (χ0v) is 19.4. The molecule has 1 aromatic carbocycles. The third-order valence-electron chi connectivity index (χ3n) is 5.17. The van der Waals surface area contributed by atoms with E-state index in [4.69, 9.17) is 4.74 Å². The van der Waals surface area contributed by atoms with Crippen LogP contribution in [0.1, 0.15) is 35.5 Å². The first-order chi connectivity index (χ1) is 15.1. The first-order valence-corrected chi connectivity index (χ1v) is 10.5. The van der Waals surface area contributed by atoms with E-state index in [-0.39, 0.29) is 29.6 Å². The number of aryl methyl sites for hydroxylation is 2. The van der Waals surface area contributed by atoms with E-state index in [0.717, 1.165) is 5.69 Å². The Bertz CT molecular complexity index is 954. The highest BCUT2D eigenvalue weighted by molar-refractivity contribution is 5.97. The summed E-state index contributed by atoms with van der Waals surface area (Å²) in [5.74, 6) is -0.493. The van der Waals surface area contributed by atoms with Crippen molar-refractivity contribution in [3.05, 3.63) is 63.5 Å². The number of rotatable bonds is 11. The summed E-state index contributed by atoms with van der Waals surface area (Å²) in [6.45, 7) is 6.93. The molecular formula is C23H32N4O5. The van der Waals surface area contributed by atoms with Gasteiger partial charge in [0, 0.05) is 56.3 Å². The van der Waals surface area contributed by atoms with Crippen molar-refractivity contribution in [1.82, 2.24) is 14.4 Å². The second-order valence-electron chi connectivity index (χ2n) is 8.26. The predicted molar refractivity (Wildman–Crippen MR) is 121 cm³/mol. The lowest BCUT2D eigenvalue weighted by atomic mass is 10.1. The lowest BCUT2D eigenvalue weighted by Gasteiger charge is -2.29. The highest BCUT2D eigenvalue weighted by Gasteiger charge is 2.25. The molecule has 0 fully saturated rings. The molecule has 2 rings (SSSR count). The molecule has 0 N–H and O–H groups in total. The monoisotopic (exact) mass is 444 g/mol. The number of benzene rings is 1. The Hall–Kier alpha value is -3.20. The van der Waals surface area contributed by atoms with Gasteiger partial charge in [-0.15, -0.1) is 0 Å². The fourth-order valence-electron chi connectivity index (χ4n) is 3.39. The van der Waals surface area contributed by atoms with Crippen molar-refractivity contribution in [2.24, 2.45) is 13.0 Å². The van der Waals surface area contributed by atoms with Crippen LogP contribution in [-0.2, 0) is 23.1 Å². The second kappa shape index (κ2) is 11.4. The Labute approximate surface area is 188 Å². The SMILES string of the molecule is COCCN(Cc1cccn1C)C(=O)CN(CC(C)C)C(=O)c1ccc(C)c([N+](=O)[O-])c1. The standard InChI is InChI=1S/C23H32N4O5/c1-17(2)14-26(23(29)19-9-8-18(3)21(13-19)27(30)31)16-22(28)25(11-12-32-5)15-20-7-6-10-24(20)4/h6-10,13,17H,11-12,14-16H2,1-5H3. The van der Waals surface area contributed by atoms with Crippen LogP contribution in [0.25, 0.3) is 0 Å². The number of nitro benzene ring substituents is 1. The molecule has 0 radical (unpaired) electrons. The Morgan fingerprint density at radius 3 is 2.50 bits per heavy atom. The number of carbonyl (C=O) groups is 2. The molecular weight excluding hydrogens is 412 g/mol. The number of hydrogen-bond acceptors (Lipinski definition) is 5. The van der Waals surface area contributed by atoms with Gasteiger partial charge in [0.15, 0.2) is 0 Å². The largest absolute Gasteiger partial charge is 0.383 e. The summed E-state index contributed by atoms with van der Waals surface area (Å²) in [7, 11) is 3.48. The quantitative estimate of drug-likeness (QED) is 0.392. The van der Waals surface area contributed by atoms with Gasteiger partial charge in [-0.3, -0.25) is 19.7 Å². The van der Waals surface area contributed by atoms with Crippen molar-refractivity contribution in [1.29, 1.82) is 0 Å². The van der Waals surface area contributed by atoms with Gasteiger partial charge in [0.1, 0.15) is 6.54 Å². The number of hydrogen-bond donors (Lipinski definition) is 0. The molecule has 1 heterocycles. The Morgan fingerprint density at radius 1 is 1.22 bits per heavy atom. The minimum atomic E-state index is -0.504. The van der Waals surface area contributed by atoms with Gasteiger partial charge >= 0.3 is 0 Å². The first kappa shape index (κ1) is 25.1. The molecule has 0 atom stereocenters. The van der Waals surface area contributed by atoms with Gasteiger partial charge in [0.25, 0.3) is 11.6 Å². The Kier molecular flexibility index (Phi) is 8.95. The maximum atomic E-state index is 13.2. The van der Waals surface area contributed by atoms with Gasteiger partial charge in [-0.2, -0.15) is 0 Å². The van der Waals surface area contributed by atoms with Gasteiger partial charge < -0.3 is 19.1 Å². The number of ether oxygens (including phenoxy) is 1. The van der Waals surface area contributed by atoms with Gasteiger partial charge in [0.05, 0.1) is 18.1 Å². The summed E-state index contributed by atoms with van der Waals surface area (Å²) in [6.07, 6.45) is 1.91. The van der Waals surface area contributed by atoms with Gasteiger partial charge in [0.2, 0.25) is 5.91 Å². The van der Waals surface area contributed by atoms with Crippen LogP contribution >= 0.6 is 0 Å². The summed E-state index contributed by atoms with van der Waals surface area (Å²) in [5, 5.41) is 11.3. The molecule has 174 valence electrons. The van der Waals surface area contributed by atoms with Gasteiger partial charge in [-0.05, 0) is 31.0 Å². The topological polar surface area (TPSA) is 97.9 Å². The second-order valence-corrected chi connectivity index (χ2v) is 8.26. The Balaban J connectivity index is 2.26. The number of methoxy groups -OCH3 is 1. The van der Waals surface area contributed by atoms with Crippen molar-refractivity contribution in [2.75, 3.05) is 33.4 Å². The predicted octanol–water partition coefficient (Wildman–Crippen LogP) is 3.02. The molecule has 1 aromatic heterocycles. The van der Waals surface area contributed by atoms with E-state index >= 15 is 0 Å². The minimum Gasteiger partial charge on any atom is -0.383 e. The van der Waals surface area contributed by atoms with Crippen molar-refractivity contribution in [3.8, 4) is 0 Å². The molecule has 0 aliphatic rings. The molecule has 9 heteroatoms. The summed E-state index contributed by atoms with van der Waals surface area (Å²) in [4.78, 5) is 40.3. The number of nitrogens with zero attached hydrogens (tertiary/aromatic N) is 4. The van der Waals surface area contributed by atoms with Crippen molar-refractivity contribution in [3.63, 3.8) is 0 Å². The average Bonchev–Trinajstić information content (AvgIpc) is 3.14. The van der Waals surface area contributed by atoms with Crippen LogP contribution in [-0.4, -0.2) is 64.5 Å². The fraction of sp³-hybridized carbons (Fsp3) is 0.478. The van der Waals surface area contributed by atoms with E-state index in [1.165, 1.54) is 11.0 Å². The summed E-state index contributed by atoms with van der Waals surface area (Å²) in [6, 6.07) is 8.25. The third-order valence-corrected chi connectivity index (χ3v) is 5.17. The lowest BCUT2D eigenvalue weighted by molar-refractivity contribution is -0.385. The molecule has 2 amide bonds. The van der Waals surface area contributed by atoms with Crippen LogP contribution in [0.4, 0.5) is 5.69 Å². The van der Waals surface area contributed by atoms with E-state index in [1.807, 2.05) is 43.8 Å². The van der Waals surface area contributed by atoms with Crippen LogP contribution in [0, 0.1) is 23.0 Å². The van der Waals surface area contributed by atoms with E-state index in [2.05, 4.69) is 0 Å². The maximum Gasteiger partial charge on any atom is 0.273 e. The van der Waals surface area contributed by atoms with Crippen LogP contribution < -0.4 is 0 Å². The smallest absolute Gasteiger partial charge is 0.273 e. The molecule has 9 nitrogen and oxygen atoms in total. The number of carbonyl (C=O) groups excluding carboxylic acids is 2. The normalized spacial score (nSPS) is 10.9. The molecule has 0 spiro atoms. The van der Waals surface area contributed by atoms with Crippen LogP contribution in [0.15, 0.2) is 36.5 Å². The van der Waals surface area contributed by atoms with Gasteiger partial charge in [-0.25, -0.2) is 0 Å². The van der Waals surface area contributed by atoms with Crippen molar-refractivity contribution >= 4 is 17.5 Å². The molecule has 2 aromatic rings. The van der Waals surface area contributed by atoms with E-state index in [1.54, 1.807) is 31.1 Å². The highest BCUT2D eigenvalue weighted by atomic mass is 16.6. The lowest BCUT2D eigenvalue weighted by Crippen LogP contribution is -2.45. The molecule has 0 aliphatic heterocycles. The van der Waals surface area contributed by atoms with E-state index in [0.29, 0.717) is 31.8 Å². The van der Waals surface area contributed by atoms with Crippen molar-refractivity contribution in [2.45, 2.75) is 27.3 Å². The van der Waals surface area contributed by atoms with E-state index in [9.17, 15) is 19.7 Å². The molecule has 0 bridgehead atoms. The molecule has 32 heavy (non-hydrogen) atoms. The zero-order valence-electron chi connectivity index (χ0n) is 19.4. The van der Waals surface area contributed by atoms with Gasteiger partial charge in [-0.1, -0.05) is 19.9 Å². The van der Waals surface area contributed by atoms with E-state index < -0.39 is 10.8 Å². The number of amides is 2. The minimum absolute atomic E-state index is 0.114. The zero-order chi connectivity index (χ0) is 23.8. The molecule has 0 saturated carbocycles. The summed E-state index contributed by atoms with van der Waals surface area (Å²) >= 11 is 0. The fourth-order valence-corrected chi connectivity index (χ4v) is 3.39. The van der Waals surface area contributed by atoms with Crippen LogP contribution in [0.3, 0.4) is 0 Å². The molecule has 0 aliphatic carbocycles. The molecule has 0 unspecified atom stereocenters. The maximum absolute atomic E-state index is 13.2. The van der Waals surface area contributed by atoms with Crippen molar-refractivity contribution < 1.29 is 19.2 Å². The molecule has 0 saturated heterocycles. The number of aromatic nitrogens is 1. The highest BCUT2D eigenvalue weighted by Crippen LogP contribution is 2.21. The summed E-state index contributed by atoms with van der Waals surface area (Å²) in [5.41, 5.74) is 1.52. The Morgan fingerprint density at radius 2 is 1.94 bits per heavy atom. The third kappa shape index (κ3) is 6.65. The number of nitro groups is 1. The van der Waals surface area contributed by atoms with Crippen LogP contribution in [0.2, 0.25) is 0 Å². The summed E-state index contributed by atoms with van der Waals surface area (Å²) < 4.78 is 7.10. The first-order valence-electron chi connectivity index (χ1n) is 10.5. The van der Waals surface area contributed by atoms with Crippen LogP contribution in [0.5, 0.6) is 0 Å². The average molecular weight is 445 g/mol.